The second-order valence-electron chi connectivity index (χ2n) is 6.35. The number of aliphatic hydroxyl groups excluding tert-OH is 1. The van der Waals surface area contributed by atoms with Crippen molar-refractivity contribution in [1.29, 1.82) is 0 Å². The molecule has 108 valence electrons. The molecule has 1 fully saturated rings. The Morgan fingerprint density at radius 3 is 2.71 bits per heavy atom. The third-order valence-electron chi connectivity index (χ3n) is 5.11. The van der Waals surface area contributed by atoms with E-state index in [0.29, 0.717) is 0 Å². The van der Waals surface area contributed by atoms with Crippen molar-refractivity contribution in [3.8, 4) is 0 Å². The Morgan fingerprint density at radius 2 is 2.00 bits per heavy atom. The molecular weight excluding hydrogens is 260 g/mol. The van der Waals surface area contributed by atoms with E-state index in [1.165, 1.54) is 30.4 Å². The molecule has 1 unspecified atom stereocenters. The summed E-state index contributed by atoms with van der Waals surface area (Å²) in [6, 6.07) is 6.30. The maximum Gasteiger partial charge on any atom is 0.161 e. The average molecular weight is 280 g/mol. The molecule has 3 aliphatic carbocycles. The summed E-state index contributed by atoms with van der Waals surface area (Å²) in [4.78, 5) is 0. The van der Waals surface area contributed by atoms with Gasteiger partial charge in [-0.05, 0) is 53.5 Å². The molecule has 2 N–H and O–H groups in total. The molecule has 1 atom stereocenters. The van der Waals surface area contributed by atoms with E-state index >= 15 is 0 Å². The number of hydrogen-bond acceptors (Lipinski definition) is 2. The van der Waals surface area contributed by atoms with Crippen LogP contribution in [0.3, 0.4) is 0 Å². The summed E-state index contributed by atoms with van der Waals surface area (Å²) in [6.07, 6.45) is 12.4. The Bertz CT molecular complexity index is 660. The molecule has 2 heteroatoms. The van der Waals surface area contributed by atoms with Crippen LogP contribution in [0.25, 0.3) is 11.6 Å². The molecule has 0 saturated heterocycles. The van der Waals surface area contributed by atoms with Crippen molar-refractivity contribution in [3.05, 3.63) is 58.7 Å². The van der Waals surface area contributed by atoms with Crippen molar-refractivity contribution in [2.24, 2.45) is 5.92 Å². The van der Waals surface area contributed by atoms with E-state index in [4.69, 9.17) is 0 Å². The molecule has 0 bridgehead atoms. The number of aliphatic hydroxyl groups is 2. The molecule has 0 aromatic heterocycles. The molecule has 1 saturated carbocycles. The van der Waals surface area contributed by atoms with E-state index in [0.717, 1.165) is 23.5 Å². The molecule has 3 aliphatic rings. The molecule has 0 spiro atoms. The minimum atomic E-state index is -1.32. The van der Waals surface area contributed by atoms with E-state index in [1.807, 2.05) is 18.2 Å². The highest BCUT2D eigenvalue weighted by Gasteiger charge is 2.25. The van der Waals surface area contributed by atoms with Crippen LogP contribution in [0, 0.1) is 5.92 Å². The lowest BCUT2D eigenvalue weighted by molar-refractivity contribution is -0.0490. The Balaban J connectivity index is 1.60. The lowest BCUT2D eigenvalue weighted by Gasteiger charge is -2.26. The second kappa shape index (κ2) is 4.97. The minimum absolute atomic E-state index is 0.285. The number of fused-ring (bicyclic) bond motifs is 1. The summed E-state index contributed by atoms with van der Waals surface area (Å²) < 4.78 is 0. The van der Waals surface area contributed by atoms with Gasteiger partial charge >= 0.3 is 0 Å². The molecule has 1 aromatic carbocycles. The predicted octanol–water partition coefficient (Wildman–Crippen LogP) is 3.62. The molecule has 2 nitrogen and oxygen atoms in total. The fourth-order valence-electron chi connectivity index (χ4n) is 3.58. The molecule has 0 aliphatic heterocycles. The highest BCUT2D eigenvalue weighted by Crippen LogP contribution is 2.41. The van der Waals surface area contributed by atoms with Gasteiger partial charge in [0.05, 0.1) is 5.92 Å². The molecule has 4 rings (SSSR count). The highest BCUT2D eigenvalue weighted by molar-refractivity contribution is 5.80. The first-order valence-electron chi connectivity index (χ1n) is 7.81. The summed E-state index contributed by atoms with van der Waals surface area (Å²) in [5, 5.41) is 18.8. The van der Waals surface area contributed by atoms with Crippen molar-refractivity contribution in [2.45, 2.75) is 37.9 Å². The topological polar surface area (TPSA) is 40.5 Å². The SMILES string of the molecule is OC(O)C1C=Cc2cc(C3=CCC(C4CCC4)=C3)ccc21. The van der Waals surface area contributed by atoms with Gasteiger partial charge in [0.2, 0.25) is 0 Å². The normalized spacial score (nSPS) is 24.0. The summed E-state index contributed by atoms with van der Waals surface area (Å²) >= 11 is 0. The van der Waals surface area contributed by atoms with Gasteiger partial charge in [0.25, 0.3) is 0 Å². The van der Waals surface area contributed by atoms with Crippen LogP contribution in [0.15, 0.2) is 42.0 Å². The van der Waals surface area contributed by atoms with Crippen molar-refractivity contribution in [1.82, 2.24) is 0 Å². The zero-order chi connectivity index (χ0) is 14.4. The smallest absolute Gasteiger partial charge is 0.161 e. The number of hydrogen-bond donors (Lipinski definition) is 2. The predicted molar refractivity (Wildman–Crippen MR) is 84.5 cm³/mol. The maximum atomic E-state index is 9.39. The fraction of sp³-hybridized carbons (Fsp3) is 0.368. The summed E-state index contributed by atoms with van der Waals surface area (Å²) in [5.41, 5.74) is 6.27. The quantitative estimate of drug-likeness (QED) is 0.830. The van der Waals surface area contributed by atoms with E-state index < -0.39 is 6.29 Å². The fourth-order valence-corrected chi connectivity index (χ4v) is 3.58. The molecule has 0 heterocycles. The van der Waals surface area contributed by atoms with E-state index in [9.17, 15) is 10.2 Å². The van der Waals surface area contributed by atoms with Gasteiger partial charge < -0.3 is 10.2 Å². The number of rotatable bonds is 3. The maximum absolute atomic E-state index is 9.39. The Morgan fingerprint density at radius 1 is 1.14 bits per heavy atom. The van der Waals surface area contributed by atoms with Crippen LogP contribution in [-0.4, -0.2) is 16.5 Å². The van der Waals surface area contributed by atoms with Gasteiger partial charge in [-0.25, -0.2) is 0 Å². The van der Waals surface area contributed by atoms with Gasteiger partial charge in [0.15, 0.2) is 6.29 Å². The first-order valence-corrected chi connectivity index (χ1v) is 7.81. The minimum Gasteiger partial charge on any atom is -0.367 e. The second-order valence-corrected chi connectivity index (χ2v) is 6.35. The van der Waals surface area contributed by atoms with Crippen LogP contribution >= 0.6 is 0 Å². The Labute approximate surface area is 125 Å². The van der Waals surface area contributed by atoms with Gasteiger partial charge in [-0.1, -0.05) is 48.4 Å². The Kier molecular flexibility index (Phi) is 3.09. The van der Waals surface area contributed by atoms with Crippen LogP contribution in [-0.2, 0) is 0 Å². The third kappa shape index (κ3) is 2.19. The van der Waals surface area contributed by atoms with Crippen LogP contribution < -0.4 is 0 Å². The van der Waals surface area contributed by atoms with E-state index in [-0.39, 0.29) is 5.92 Å². The average Bonchev–Trinajstić information content (AvgIpc) is 3.02. The highest BCUT2D eigenvalue weighted by atomic mass is 16.5. The monoisotopic (exact) mass is 280 g/mol. The lowest BCUT2D eigenvalue weighted by atomic mass is 9.79. The first kappa shape index (κ1) is 13.1. The molecule has 0 amide bonds. The van der Waals surface area contributed by atoms with Crippen LogP contribution in [0.4, 0.5) is 0 Å². The van der Waals surface area contributed by atoms with Gasteiger partial charge in [0.1, 0.15) is 0 Å². The van der Waals surface area contributed by atoms with Gasteiger partial charge in [-0.3, -0.25) is 0 Å². The van der Waals surface area contributed by atoms with Crippen molar-refractivity contribution in [3.63, 3.8) is 0 Å². The van der Waals surface area contributed by atoms with Crippen LogP contribution in [0.5, 0.6) is 0 Å². The lowest BCUT2D eigenvalue weighted by Crippen LogP contribution is -2.14. The van der Waals surface area contributed by atoms with Gasteiger partial charge in [-0.15, -0.1) is 0 Å². The van der Waals surface area contributed by atoms with E-state index in [1.54, 1.807) is 5.57 Å². The van der Waals surface area contributed by atoms with E-state index in [2.05, 4.69) is 24.3 Å². The largest absolute Gasteiger partial charge is 0.367 e. The molecule has 21 heavy (non-hydrogen) atoms. The number of benzene rings is 1. The first-order chi connectivity index (χ1) is 10.2. The zero-order valence-electron chi connectivity index (χ0n) is 12.0. The molecule has 0 radical (unpaired) electrons. The molecule has 1 aromatic rings. The number of allylic oxidation sites excluding steroid dienone is 4. The van der Waals surface area contributed by atoms with Gasteiger partial charge in [0, 0.05) is 0 Å². The van der Waals surface area contributed by atoms with Crippen molar-refractivity contribution >= 4 is 11.6 Å². The van der Waals surface area contributed by atoms with Crippen LogP contribution in [0.1, 0.15) is 48.3 Å². The summed E-state index contributed by atoms with van der Waals surface area (Å²) in [7, 11) is 0. The Hall–Kier alpha value is -1.64. The zero-order valence-corrected chi connectivity index (χ0v) is 12.0. The van der Waals surface area contributed by atoms with Gasteiger partial charge in [-0.2, -0.15) is 0 Å². The summed E-state index contributed by atoms with van der Waals surface area (Å²) in [5.74, 6) is 0.537. The summed E-state index contributed by atoms with van der Waals surface area (Å²) in [6.45, 7) is 0. The molecular formula is C19H20O2. The third-order valence-corrected chi connectivity index (χ3v) is 5.11. The van der Waals surface area contributed by atoms with Crippen LogP contribution in [0.2, 0.25) is 0 Å². The van der Waals surface area contributed by atoms with Crippen molar-refractivity contribution < 1.29 is 10.2 Å². The standard InChI is InChI=1S/C19H20O2/c20-19(21)18-9-7-16-11-15(6-8-17(16)18)14-5-4-13(10-14)12-2-1-3-12/h5-12,18-21H,1-4H2. The van der Waals surface area contributed by atoms with Crippen molar-refractivity contribution in [2.75, 3.05) is 0 Å².